The van der Waals surface area contributed by atoms with Gasteiger partial charge in [0.2, 0.25) is 0 Å². The molecule has 0 amide bonds. The van der Waals surface area contributed by atoms with Crippen LogP contribution in [0.25, 0.3) is 66.1 Å². The number of benzene rings is 6. The van der Waals surface area contributed by atoms with Crippen LogP contribution in [0.5, 0.6) is 5.75 Å². The molecule has 0 N–H and O–H groups in total. The van der Waals surface area contributed by atoms with Crippen molar-refractivity contribution in [2.24, 2.45) is 0 Å². The Kier molecular flexibility index (Phi) is 5.11. The van der Waals surface area contributed by atoms with E-state index < -0.39 is 0 Å². The first kappa shape index (κ1) is 24.6. The van der Waals surface area contributed by atoms with E-state index in [4.69, 9.17) is 4.74 Å². The van der Waals surface area contributed by atoms with Crippen LogP contribution < -0.4 is 4.74 Å². The van der Waals surface area contributed by atoms with Crippen LogP contribution in [0.2, 0.25) is 0 Å². The van der Waals surface area contributed by atoms with Crippen LogP contribution in [0.3, 0.4) is 0 Å². The Morgan fingerprint density at radius 2 is 1.09 bits per heavy atom. The molecular formula is C42H28N2O. The van der Waals surface area contributed by atoms with E-state index in [1.807, 2.05) is 0 Å². The van der Waals surface area contributed by atoms with E-state index in [2.05, 4.69) is 167 Å². The average Bonchev–Trinajstić information content (AvgIpc) is 3.76. The van der Waals surface area contributed by atoms with Crippen molar-refractivity contribution in [1.82, 2.24) is 9.13 Å². The molecule has 45 heavy (non-hydrogen) atoms. The smallest absolute Gasteiger partial charge is 0.132 e. The number of allylic oxidation sites excluding steroid dienone is 2. The first-order valence-electron chi connectivity index (χ1n) is 15.6. The van der Waals surface area contributed by atoms with Gasteiger partial charge in [-0.15, -0.1) is 0 Å². The lowest BCUT2D eigenvalue weighted by atomic mass is 9.89. The highest BCUT2D eigenvalue weighted by molar-refractivity contribution is 6.19. The summed E-state index contributed by atoms with van der Waals surface area (Å²) in [6, 6.07) is 48.3. The van der Waals surface area contributed by atoms with Gasteiger partial charge in [0.25, 0.3) is 0 Å². The summed E-state index contributed by atoms with van der Waals surface area (Å²) in [5, 5.41) is 4.97. The molecule has 6 aromatic carbocycles. The third-order valence-electron chi connectivity index (χ3n) is 9.66. The Labute approximate surface area is 260 Å². The molecular weight excluding hydrogens is 548 g/mol. The van der Waals surface area contributed by atoms with Gasteiger partial charge in [-0.25, -0.2) is 0 Å². The van der Waals surface area contributed by atoms with Gasteiger partial charge in [-0.1, -0.05) is 109 Å². The lowest BCUT2D eigenvalue weighted by Crippen LogP contribution is -2.15. The third-order valence-corrected chi connectivity index (χ3v) is 9.66. The molecule has 0 saturated carbocycles. The van der Waals surface area contributed by atoms with Crippen LogP contribution in [-0.2, 0) is 0 Å². The first-order valence-corrected chi connectivity index (χ1v) is 15.6. The molecule has 3 heteroatoms. The topological polar surface area (TPSA) is 19.1 Å². The van der Waals surface area contributed by atoms with E-state index >= 15 is 0 Å². The number of aromatic nitrogens is 2. The van der Waals surface area contributed by atoms with Gasteiger partial charge in [0.1, 0.15) is 11.9 Å². The SMILES string of the molecule is C1=CC2Oc3c(-c4cccc5c4c4ccccc4n5-c4cccc5c4c4ccccc4n5-c4ccccc4)cccc3C2C=C1. The maximum atomic E-state index is 6.65. The largest absolute Gasteiger partial charge is 0.484 e. The number of ether oxygens (including phenoxy) is 1. The number of para-hydroxylation sites is 4. The molecule has 1 aliphatic carbocycles. The lowest BCUT2D eigenvalue weighted by Gasteiger charge is -2.14. The van der Waals surface area contributed by atoms with Gasteiger partial charge in [0.15, 0.2) is 0 Å². The van der Waals surface area contributed by atoms with Gasteiger partial charge < -0.3 is 13.9 Å². The van der Waals surface area contributed by atoms with Crippen molar-refractivity contribution >= 4 is 43.6 Å². The van der Waals surface area contributed by atoms with Gasteiger partial charge >= 0.3 is 0 Å². The summed E-state index contributed by atoms with van der Waals surface area (Å²) in [5.41, 5.74) is 10.7. The monoisotopic (exact) mass is 576 g/mol. The molecule has 0 bridgehead atoms. The second kappa shape index (κ2) is 9.35. The second-order valence-corrected chi connectivity index (χ2v) is 12.0. The summed E-state index contributed by atoms with van der Waals surface area (Å²) in [4.78, 5) is 0. The van der Waals surface area contributed by atoms with Crippen molar-refractivity contribution in [2.75, 3.05) is 0 Å². The Morgan fingerprint density at radius 3 is 1.93 bits per heavy atom. The summed E-state index contributed by atoms with van der Waals surface area (Å²) < 4.78 is 11.5. The molecule has 0 saturated heterocycles. The number of hydrogen-bond acceptors (Lipinski definition) is 1. The fraction of sp³-hybridized carbons (Fsp3) is 0.0476. The standard InChI is InChI=1S/C42H28N2O/c1-2-13-27(14-3-1)43-34-21-7-5-17-33(34)41-37(43)24-12-25-38(41)44-35-22-8-4-16-32(35)40-29(18-11-23-36(40)44)31-20-10-19-30-28-15-6-9-26-39(28)45-42(30)31/h1-26,28,39H. The highest BCUT2D eigenvalue weighted by Crippen LogP contribution is 2.49. The molecule has 0 fully saturated rings. The van der Waals surface area contributed by atoms with Crippen molar-refractivity contribution in [3.63, 3.8) is 0 Å². The summed E-state index contributed by atoms with van der Waals surface area (Å²) in [5.74, 6) is 1.26. The van der Waals surface area contributed by atoms with Gasteiger partial charge in [-0.05, 0) is 54.1 Å². The van der Waals surface area contributed by atoms with Gasteiger partial charge in [0, 0.05) is 44.3 Å². The molecule has 2 aliphatic rings. The minimum absolute atomic E-state index is 0.0474. The van der Waals surface area contributed by atoms with Gasteiger partial charge in [-0.2, -0.15) is 0 Å². The molecule has 3 nitrogen and oxygen atoms in total. The maximum Gasteiger partial charge on any atom is 0.132 e. The van der Waals surface area contributed by atoms with E-state index in [0.717, 1.165) is 17.0 Å². The fourth-order valence-corrected chi connectivity index (χ4v) is 7.82. The quantitative estimate of drug-likeness (QED) is 0.205. The summed E-state index contributed by atoms with van der Waals surface area (Å²) in [6.45, 7) is 0. The van der Waals surface area contributed by atoms with Crippen LogP contribution in [0, 0.1) is 0 Å². The molecule has 3 heterocycles. The molecule has 0 radical (unpaired) electrons. The van der Waals surface area contributed by atoms with Gasteiger partial charge in [-0.3, -0.25) is 0 Å². The number of fused-ring (bicyclic) bond motifs is 9. The fourth-order valence-electron chi connectivity index (χ4n) is 7.82. The summed E-state index contributed by atoms with van der Waals surface area (Å²) in [7, 11) is 0. The Morgan fingerprint density at radius 1 is 0.467 bits per heavy atom. The normalized spacial score (nSPS) is 16.9. The van der Waals surface area contributed by atoms with E-state index in [1.165, 1.54) is 60.4 Å². The number of nitrogens with zero attached hydrogens (tertiary/aromatic N) is 2. The summed E-state index contributed by atoms with van der Waals surface area (Å²) >= 11 is 0. The van der Waals surface area contributed by atoms with Crippen molar-refractivity contribution in [1.29, 1.82) is 0 Å². The molecule has 2 atom stereocenters. The van der Waals surface area contributed by atoms with Crippen molar-refractivity contribution in [3.8, 4) is 28.3 Å². The van der Waals surface area contributed by atoms with E-state index in [-0.39, 0.29) is 12.0 Å². The van der Waals surface area contributed by atoms with Crippen molar-refractivity contribution < 1.29 is 4.74 Å². The molecule has 1 aliphatic heterocycles. The predicted molar refractivity (Wildman–Crippen MR) is 186 cm³/mol. The van der Waals surface area contributed by atoms with Crippen molar-refractivity contribution in [3.05, 3.63) is 163 Å². The highest BCUT2D eigenvalue weighted by atomic mass is 16.5. The average molecular weight is 577 g/mol. The van der Waals surface area contributed by atoms with Crippen LogP contribution in [0.15, 0.2) is 158 Å². The number of rotatable bonds is 3. The Bertz CT molecular complexity index is 2530. The minimum atomic E-state index is 0.0474. The van der Waals surface area contributed by atoms with E-state index in [1.54, 1.807) is 0 Å². The second-order valence-electron chi connectivity index (χ2n) is 12.0. The maximum absolute atomic E-state index is 6.65. The van der Waals surface area contributed by atoms with Crippen LogP contribution >= 0.6 is 0 Å². The third kappa shape index (κ3) is 3.41. The van der Waals surface area contributed by atoms with Crippen LogP contribution in [0.4, 0.5) is 0 Å². The zero-order valence-corrected chi connectivity index (χ0v) is 24.5. The Balaban J connectivity index is 1.29. The molecule has 2 unspecified atom stereocenters. The Hall–Kier alpha value is -5.80. The van der Waals surface area contributed by atoms with Crippen LogP contribution in [-0.4, -0.2) is 15.2 Å². The van der Waals surface area contributed by atoms with Crippen LogP contribution in [0.1, 0.15) is 11.5 Å². The molecule has 8 aromatic rings. The summed E-state index contributed by atoms with van der Waals surface area (Å²) in [6.07, 6.45) is 8.71. The zero-order valence-electron chi connectivity index (χ0n) is 24.5. The zero-order chi connectivity index (χ0) is 29.5. The lowest BCUT2D eigenvalue weighted by molar-refractivity contribution is 0.270. The molecule has 0 spiro atoms. The first-order chi connectivity index (χ1) is 22.4. The minimum Gasteiger partial charge on any atom is -0.484 e. The van der Waals surface area contributed by atoms with Crippen molar-refractivity contribution in [2.45, 2.75) is 12.0 Å². The molecule has 2 aromatic heterocycles. The van der Waals surface area contributed by atoms with E-state index in [0.29, 0.717) is 0 Å². The van der Waals surface area contributed by atoms with E-state index in [9.17, 15) is 0 Å². The molecule has 212 valence electrons. The highest BCUT2D eigenvalue weighted by Gasteiger charge is 2.34. The predicted octanol–water partition coefficient (Wildman–Crippen LogP) is 10.5. The molecule has 10 rings (SSSR count). The number of hydrogen-bond donors (Lipinski definition) is 0. The van der Waals surface area contributed by atoms with Gasteiger partial charge in [0.05, 0.1) is 27.8 Å².